The van der Waals surface area contributed by atoms with E-state index < -0.39 is 0 Å². The topological polar surface area (TPSA) is 21.1 Å². The van der Waals surface area contributed by atoms with Crippen LogP contribution in [-0.2, 0) is 26.4 Å². The van der Waals surface area contributed by atoms with Crippen molar-refractivity contribution in [3.8, 4) is 11.1 Å². The lowest BCUT2D eigenvalue weighted by atomic mass is 9.82. The lowest BCUT2D eigenvalue weighted by Crippen LogP contribution is -2.36. The summed E-state index contributed by atoms with van der Waals surface area (Å²) in [6.07, 6.45) is 3.49. The number of hydrogen-bond donors (Lipinski definition) is 0. The number of hydrogen-bond acceptors (Lipinski definition) is 2. The zero-order valence-corrected chi connectivity index (χ0v) is 16.9. The summed E-state index contributed by atoms with van der Waals surface area (Å²) in [5.41, 5.74) is 9.52. The summed E-state index contributed by atoms with van der Waals surface area (Å²) in [5, 5.41) is 4.63. The van der Waals surface area contributed by atoms with Gasteiger partial charge in [-0.05, 0) is 62.4 Å². The van der Waals surface area contributed by atoms with Crippen LogP contribution >= 0.6 is 0 Å². The van der Waals surface area contributed by atoms with Crippen molar-refractivity contribution in [1.82, 2.24) is 14.7 Å². The molecule has 1 aromatic heterocycles. The summed E-state index contributed by atoms with van der Waals surface area (Å²) >= 11 is 0. The minimum Gasteiger partial charge on any atom is -0.299 e. The Hall–Kier alpha value is -2.39. The molecule has 2 aromatic carbocycles. The molecule has 1 atom stereocenters. The van der Waals surface area contributed by atoms with Gasteiger partial charge in [0.1, 0.15) is 0 Å². The third kappa shape index (κ3) is 3.44. The van der Waals surface area contributed by atoms with E-state index in [-0.39, 0.29) is 0 Å². The Morgan fingerprint density at radius 2 is 1.85 bits per heavy atom. The summed E-state index contributed by atoms with van der Waals surface area (Å²) < 4.78 is 2.00. The Bertz CT molecular complexity index is 940. The van der Waals surface area contributed by atoms with Crippen molar-refractivity contribution in [3.05, 3.63) is 76.6 Å². The lowest BCUT2D eigenvalue weighted by molar-refractivity contribution is 0.214. The molecule has 0 bridgehead atoms. The van der Waals surface area contributed by atoms with Gasteiger partial charge in [0.2, 0.25) is 0 Å². The summed E-state index contributed by atoms with van der Waals surface area (Å²) in [4.78, 5) is 2.52. The average molecular weight is 360 g/mol. The molecule has 0 amide bonds. The van der Waals surface area contributed by atoms with Crippen molar-refractivity contribution in [1.29, 1.82) is 0 Å². The molecule has 140 valence electrons. The van der Waals surface area contributed by atoms with Gasteiger partial charge in [0.25, 0.3) is 0 Å². The van der Waals surface area contributed by atoms with Crippen LogP contribution < -0.4 is 0 Å². The summed E-state index contributed by atoms with van der Waals surface area (Å²) in [5.74, 6) is 0. The first-order valence-electron chi connectivity index (χ1n) is 9.90. The fourth-order valence-corrected chi connectivity index (χ4v) is 4.56. The third-order valence-electron chi connectivity index (χ3n) is 6.13. The number of rotatable bonds is 4. The number of likely N-dealkylation sites (N-methyl/N-ethyl adjacent to an activating group) is 1. The first kappa shape index (κ1) is 18.0. The largest absolute Gasteiger partial charge is 0.299 e. The van der Waals surface area contributed by atoms with Crippen molar-refractivity contribution in [2.75, 3.05) is 7.05 Å². The van der Waals surface area contributed by atoms with Gasteiger partial charge in [0, 0.05) is 30.9 Å². The number of aryl methyl sites for hydroxylation is 2. The molecule has 27 heavy (non-hydrogen) atoms. The van der Waals surface area contributed by atoms with E-state index in [1.54, 1.807) is 0 Å². The fourth-order valence-electron chi connectivity index (χ4n) is 4.56. The molecule has 1 unspecified atom stereocenters. The Morgan fingerprint density at radius 3 is 2.56 bits per heavy atom. The highest BCUT2D eigenvalue weighted by molar-refractivity contribution is 5.73. The zero-order valence-electron chi connectivity index (χ0n) is 16.9. The summed E-state index contributed by atoms with van der Waals surface area (Å²) in [6.45, 7) is 5.32. The van der Waals surface area contributed by atoms with Gasteiger partial charge in [-0.1, -0.05) is 48.5 Å². The van der Waals surface area contributed by atoms with Crippen LogP contribution in [0.1, 0.15) is 34.5 Å². The van der Waals surface area contributed by atoms with Gasteiger partial charge in [-0.2, -0.15) is 5.10 Å². The van der Waals surface area contributed by atoms with Crippen LogP contribution in [0.4, 0.5) is 0 Å². The molecule has 1 aliphatic rings. The maximum absolute atomic E-state index is 4.63. The number of benzene rings is 2. The van der Waals surface area contributed by atoms with E-state index in [1.165, 1.54) is 39.9 Å². The Labute approximate surface area is 162 Å². The quantitative estimate of drug-likeness (QED) is 0.674. The van der Waals surface area contributed by atoms with Crippen molar-refractivity contribution in [3.63, 3.8) is 0 Å². The smallest absolute Gasteiger partial charge is 0.0674 e. The number of nitrogens with zero attached hydrogens (tertiary/aromatic N) is 3. The minimum atomic E-state index is 0.601. The van der Waals surface area contributed by atoms with E-state index in [1.807, 2.05) is 11.7 Å². The SMILES string of the molecule is Cc1nn(C)c(C)c1-c1cccc2c1CCC(N(C)Cc1ccccc1)C2. The van der Waals surface area contributed by atoms with Crippen LogP contribution in [0.3, 0.4) is 0 Å². The molecule has 0 saturated heterocycles. The predicted octanol–water partition coefficient (Wildman–Crippen LogP) is 4.69. The predicted molar refractivity (Wildman–Crippen MR) is 112 cm³/mol. The normalized spacial score (nSPS) is 16.6. The molecule has 1 heterocycles. The van der Waals surface area contributed by atoms with Crippen LogP contribution in [0, 0.1) is 13.8 Å². The van der Waals surface area contributed by atoms with Crippen molar-refractivity contribution in [2.45, 2.75) is 45.7 Å². The average Bonchev–Trinajstić information content (AvgIpc) is 2.93. The Balaban J connectivity index is 1.59. The van der Waals surface area contributed by atoms with Crippen LogP contribution in [0.2, 0.25) is 0 Å². The van der Waals surface area contributed by atoms with Crippen LogP contribution in [0.25, 0.3) is 11.1 Å². The summed E-state index contributed by atoms with van der Waals surface area (Å²) in [7, 11) is 4.30. The molecule has 3 nitrogen and oxygen atoms in total. The van der Waals surface area contributed by atoms with E-state index in [0.717, 1.165) is 25.1 Å². The van der Waals surface area contributed by atoms with E-state index in [9.17, 15) is 0 Å². The highest BCUT2D eigenvalue weighted by atomic mass is 15.3. The zero-order chi connectivity index (χ0) is 19.0. The maximum Gasteiger partial charge on any atom is 0.0674 e. The molecule has 3 aromatic rings. The molecule has 0 aliphatic heterocycles. The minimum absolute atomic E-state index is 0.601. The van der Waals surface area contributed by atoms with Gasteiger partial charge in [-0.25, -0.2) is 0 Å². The van der Waals surface area contributed by atoms with Gasteiger partial charge >= 0.3 is 0 Å². The van der Waals surface area contributed by atoms with Crippen LogP contribution in [-0.4, -0.2) is 27.8 Å². The molecule has 3 heteroatoms. The second kappa shape index (κ2) is 7.32. The van der Waals surface area contributed by atoms with E-state index in [4.69, 9.17) is 0 Å². The first-order chi connectivity index (χ1) is 13.0. The number of aromatic nitrogens is 2. The van der Waals surface area contributed by atoms with Gasteiger partial charge in [0.15, 0.2) is 0 Å². The summed E-state index contributed by atoms with van der Waals surface area (Å²) in [6, 6.07) is 18.2. The van der Waals surface area contributed by atoms with E-state index in [0.29, 0.717) is 6.04 Å². The van der Waals surface area contributed by atoms with Gasteiger partial charge in [0.05, 0.1) is 5.69 Å². The molecule has 4 rings (SSSR count). The monoisotopic (exact) mass is 359 g/mol. The molecule has 0 N–H and O–H groups in total. The molecular weight excluding hydrogens is 330 g/mol. The fraction of sp³-hybridized carbons (Fsp3) is 0.375. The maximum atomic E-state index is 4.63. The van der Waals surface area contributed by atoms with Crippen LogP contribution in [0.5, 0.6) is 0 Å². The first-order valence-corrected chi connectivity index (χ1v) is 9.90. The Morgan fingerprint density at radius 1 is 1.07 bits per heavy atom. The van der Waals surface area contributed by atoms with E-state index >= 15 is 0 Å². The van der Waals surface area contributed by atoms with Crippen molar-refractivity contribution < 1.29 is 0 Å². The molecular formula is C24H29N3. The standard InChI is InChI=1S/C24H29N3/c1-17-24(18(2)27(4)25-17)23-12-8-11-20-15-21(13-14-22(20)23)26(3)16-19-9-6-5-7-10-19/h5-12,21H,13-16H2,1-4H3. The molecule has 0 saturated carbocycles. The highest BCUT2D eigenvalue weighted by Crippen LogP contribution is 2.35. The molecule has 1 aliphatic carbocycles. The third-order valence-corrected chi connectivity index (χ3v) is 6.13. The van der Waals surface area contributed by atoms with Gasteiger partial charge < -0.3 is 0 Å². The van der Waals surface area contributed by atoms with E-state index in [2.05, 4.69) is 79.4 Å². The molecule has 0 fully saturated rings. The van der Waals surface area contributed by atoms with Crippen LogP contribution in [0.15, 0.2) is 48.5 Å². The second-order valence-electron chi connectivity index (χ2n) is 7.91. The molecule has 0 spiro atoms. The van der Waals surface area contributed by atoms with Crippen molar-refractivity contribution in [2.24, 2.45) is 7.05 Å². The highest BCUT2D eigenvalue weighted by Gasteiger charge is 2.25. The van der Waals surface area contributed by atoms with Crippen molar-refractivity contribution >= 4 is 0 Å². The van der Waals surface area contributed by atoms with Gasteiger partial charge in [-0.3, -0.25) is 9.58 Å². The lowest BCUT2D eigenvalue weighted by Gasteiger charge is -2.33. The van der Waals surface area contributed by atoms with Gasteiger partial charge in [-0.15, -0.1) is 0 Å². The number of fused-ring (bicyclic) bond motifs is 1. The molecule has 0 radical (unpaired) electrons. The second-order valence-corrected chi connectivity index (χ2v) is 7.91. The Kier molecular flexibility index (Phi) is 4.88.